The van der Waals surface area contributed by atoms with E-state index in [0.717, 1.165) is 32.7 Å². The summed E-state index contributed by atoms with van der Waals surface area (Å²) in [5.74, 6) is 0.240. The lowest BCUT2D eigenvalue weighted by molar-refractivity contribution is 0.0903. The molecule has 0 saturated carbocycles. The van der Waals surface area contributed by atoms with Crippen LogP contribution in [0.15, 0.2) is 67.5 Å². The maximum atomic E-state index is 11.6. The number of aliphatic hydroxyl groups excluding tert-OH is 1. The Morgan fingerprint density at radius 1 is 1.10 bits per heavy atom. The summed E-state index contributed by atoms with van der Waals surface area (Å²) in [6, 6.07) is 10.6. The van der Waals surface area contributed by atoms with E-state index in [9.17, 15) is 4.79 Å². The van der Waals surface area contributed by atoms with Crippen molar-refractivity contribution in [3.63, 3.8) is 0 Å². The van der Waals surface area contributed by atoms with E-state index < -0.39 is 6.61 Å². The fourth-order valence-electron chi connectivity index (χ4n) is 3.67. The van der Waals surface area contributed by atoms with Crippen LogP contribution in [0.3, 0.4) is 0 Å². The summed E-state index contributed by atoms with van der Waals surface area (Å²) in [5.41, 5.74) is 1.51. The molecule has 1 aliphatic rings. The van der Waals surface area contributed by atoms with Crippen LogP contribution in [0.1, 0.15) is 15.9 Å². The van der Waals surface area contributed by atoms with Crippen LogP contribution in [0, 0.1) is 0 Å². The van der Waals surface area contributed by atoms with Gasteiger partial charge in [-0.3, -0.25) is 9.69 Å². The highest BCUT2D eigenvalue weighted by Crippen LogP contribution is 2.16. The summed E-state index contributed by atoms with van der Waals surface area (Å²) in [4.78, 5) is 28.9. The Balaban J connectivity index is 1.42. The van der Waals surface area contributed by atoms with E-state index in [1.54, 1.807) is 6.20 Å². The van der Waals surface area contributed by atoms with Crippen molar-refractivity contribution in [2.24, 2.45) is 0 Å². The summed E-state index contributed by atoms with van der Waals surface area (Å²) in [7, 11) is 0. The minimum atomic E-state index is -0.532. The van der Waals surface area contributed by atoms with Gasteiger partial charge in [-0.05, 0) is 5.56 Å². The molecule has 0 aliphatic carbocycles. The van der Waals surface area contributed by atoms with Crippen molar-refractivity contribution in [1.82, 2.24) is 24.4 Å². The molecular weight excluding hydrogens is 392 g/mol. The third-order valence-corrected chi connectivity index (χ3v) is 5.44. The third-order valence-electron chi connectivity index (χ3n) is 5.44. The number of benzene rings is 1. The van der Waals surface area contributed by atoms with Crippen molar-refractivity contribution in [3.8, 4) is 0 Å². The molecule has 2 aromatic heterocycles. The van der Waals surface area contributed by atoms with Gasteiger partial charge in [0.1, 0.15) is 6.61 Å². The summed E-state index contributed by atoms with van der Waals surface area (Å²) < 4.78 is 2.10. The number of hydrogen-bond acceptors (Lipinski definition) is 7. The second kappa shape index (κ2) is 10.1. The number of carbonyl (C=O) groups excluding carboxylic acids is 1. The molecule has 4 rings (SSSR count). The van der Waals surface area contributed by atoms with Gasteiger partial charge in [0.2, 0.25) is 5.95 Å². The zero-order valence-electron chi connectivity index (χ0n) is 17.3. The Kier molecular flexibility index (Phi) is 6.81. The molecule has 1 unspecified atom stereocenters. The van der Waals surface area contributed by atoms with Crippen LogP contribution in [0.2, 0.25) is 0 Å². The van der Waals surface area contributed by atoms with E-state index >= 15 is 0 Å². The fourth-order valence-corrected chi connectivity index (χ4v) is 3.67. The number of Topliss-reactive ketones (excluding diaryl/α,β-unsaturated/α-hetero) is 1. The van der Waals surface area contributed by atoms with Crippen molar-refractivity contribution in [1.29, 1.82) is 0 Å². The Morgan fingerprint density at radius 2 is 1.84 bits per heavy atom. The first kappa shape index (κ1) is 20.9. The average molecular weight is 419 g/mol. The van der Waals surface area contributed by atoms with Gasteiger partial charge in [0.15, 0.2) is 5.78 Å². The molecule has 1 aliphatic heterocycles. The lowest BCUT2D eigenvalue weighted by Crippen LogP contribution is -2.51. The van der Waals surface area contributed by atoms with E-state index in [4.69, 9.17) is 5.11 Å². The molecule has 31 heavy (non-hydrogen) atoms. The third kappa shape index (κ3) is 5.42. The molecule has 0 spiro atoms. The number of piperazine rings is 1. The Morgan fingerprint density at radius 3 is 2.48 bits per heavy atom. The lowest BCUT2D eigenvalue weighted by atomic mass is 10.1. The zero-order valence-corrected chi connectivity index (χ0v) is 17.3. The van der Waals surface area contributed by atoms with Gasteiger partial charge in [-0.25, -0.2) is 15.0 Å². The van der Waals surface area contributed by atoms with Crippen molar-refractivity contribution in [3.05, 3.63) is 78.6 Å². The van der Waals surface area contributed by atoms with Gasteiger partial charge < -0.3 is 14.6 Å². The van der Waals surface area contributed by atoms with Crippen LogP contribution >= 0.6 is 0 Å². The average Bonchev–Trinajstić information content (AvgIpc) is 3.35. The van der Waals surface area contributed by atoms with Crippen molar-refractivity contribution in [2.75, 3.05) is 37.7 Å². The van der Waals surface area contributed by atoms with Crippen LogP contribution in [0.4, 0.5) is 5.95 Å². The standard InChI is InChI=1S/C23H26N6O2/c30-17-22(31)20-14-25-23(26-15-20)29-12-10-28(11-13-29)21(16-27-9-8-24-18-27)7-6-19-4-2-1-3-5-19/h1-9,14-15,18,21,30H,10-13,16-17H2/b7-6+. The lowest BCUT2D eigenvalue weighted by Gasteiger charge is -2.38. The van der Waals surface area contributed by atoms with Crippen LogP contribution < -0.4 is 4.90 Å². The van der Waals surface area contributed by atoms with Gasteiger partial charge in [-0.2, -0.15) is 0 Å². The van der Waals surface area contributed by atoms with E-state index in [-0.39, 0.29) is 11.8 Å². The first-order chi connectivity index (χ1) is 15.2. The quantitative estimate of drug-likeness (QED) is 0.558. The van der Waals surface area contributed by atoms with Crippen molar-refractivity contribution < 1.29 is 9.90 Å². The maximum absolute atomic E-state index is 11.6. The molecular formula is C23H26N6O2. The van der Waals surface area contributed by atoms with Crippen LogP contribution in [0.25, 0.3) is 6.08 Å². The molecule has 1 N–H and O–H groups in total. The summed E-state index contributed by atoms with van der Waals surface area (Å²) in [5, 5.41) is 8.96. The summed E-state index contributed by atoms with van der Waals surface area (Å²) in [6.45, 7) is 3.64. The Labute approximate surface area is 181 Å². The minimum Gasteiger partial charge on any atom is -0.388 e. The maximum Gasteiger partial charge on any atom is 0.225 e. The molecule has 1 aromatic carbocycles. The molecule has 3 aromatic rings. The Bertz CT molecular complexity index is 981. The predicted octanol–water partition coefficient (Wildman–Crippen LogP) is 1.75. The van der Waals surface area contributed by atoms with Gasteiger partial charge >= 0.3 is 0 Å². The van der Waals surface area contributed by atoms with Gasteiger partial charge in [0.05, 0.1) is 11.9 Å². The smallest absolute Gasteiger partial charge is 0.225 e. The normalized spacial score (nSPS) is 16.0. The van der Waals surface area contributed by atoms with E-state index in [1.165, 1.54) is 18.0 Å². The first-order valence-electron chi connectivity index (χ1n) is 10.4. The highest BCUT2D eigenvalue weighted by atomic mass is 16.3. The number of imidazole rings is 1. The van der Waals surface area contributed by atoms with Crippen LogP contribution in [-0.2, 0) is 6.54 Å². The first-order valence-corrected chi connectivity index (χ1v) is 10.4. The Hall–Kier alpha value is -3.36. The molecule has 8 nitrogen and oxygen atoms in total. The second-order valence-electron chi connectivity index (χ2n) is 7.47. The van der Waals surface area contributed by atoms with Crippen molar-refractivity contribution in [2.45, 2.75) is 12.6 Å². The molecule has 1 atom stereocenters. The molecule has 1 saturated heterocycles. The molecule has 1 fully saturated rings. The molecule has 0 bridgehead atoms. The number of anilines is 1. The van der Waals surface area contributed by atoms with E-state index in [2.05, 4.69) is 53.6 Å². The molecule has 0 amide bonds. The number of aromatic nitrogens is 4. The number of ketones is 1. The molecule has 8 heteroatoms. The predicted molar refractivity (Wildman–Crippen MR) is 119 cm³/mol. The second-order valence-corrected chi connectivity index (χ2v) is 7.47. The SMILES string of the molecule is O=C(CO)c1cnc(N2CCN(C(/C=C/c3ccccc3)Cn3ccnc3)CC2)nc1. The highest BCUT2D eigenvalue weighted by molar-refractivity contribution is 5.96. The molecule has 160 valence electrons. The van der Waals surface area contributed by atoms with Gasteiger partial charge in [-0.15, -0.1) is 0 Å². The van der Waals surface area contributed by atoms with Gasteiger partial charge in [0, 0.05) is 63.6 Å². The largest absolute Gasteiger partial charge is 0.388 e. The minimum absolute atomic E-state index is 0.238. The van der Waals surface area contributed by atoms with E-state index in [1.807, 2.05) is 30.7 Å². The molecule has 0 radical (unpaired) electrons. The monoisotopic (exact) mass is 418 g/mol. The van der Waals surface area contributed by atoms with Crippen LogP contribution in [0.5, 0.6) is 0 Å². The number of aliphatic hydroxyl groups is 1. The van der Waals surface area contributed by atoms with Crippen molar-refractivity contribution >= 4 is 17.8 Å². The van der Waals surface area contributed by atoms with E-state index in [0.29, 0.717) is 11.5 Å². The molecule has 3 heterocycles. The summed E-state index contributed by atoms with van der Waals surface area (Å²) >= 11 is 0. The topological polar surface area (TPSA) is 87.4 Å². The fraction of sp³-hybridized carbons (Fsp3) is 0.304. The summed E-state index contributed by atoms with van der Waals surface area (Å²) in [6.07, 6.45) is 13.0. The number of hydrogen-bond donors (Lipinski definition) is 1. The highest BCUT2D eigenvalue weighted by Gasteiger charge is 2.24. The van der Waals surface area contributed by atoms with Gasteiger partial charge in [0.25, 0.3) is 0 Å². The number of carbonyl (C=O) groups is 1. The van der Waals surface area contributed by atoms with Crippen LogP contribution in [-0.4, -0.2) is 74.1 Å². The number of nitrogens with zero attached hydrogens (tertiary/aromatic N) is 6. The number of rotatable bonds is 8. The van der Waals surface area contributed by atoms with Gasteiger partial charge in [-0.1, -0.05) is 42.5 Å². The zero-order chi connectivity index (χ0) is 21.5.